The van der Waals surface area contributed by atoms with Gasteiger partial charge in [-0.1, -0.05) is 11.6 Å². The minimum Gasteiger partial charge on any atom is -0.481 e. The highest BCUT2D eigenvalue weighted by molar-refractivity contribution is 9.10. The second-order valence-electron chi connectivity index (χ2n) is 3.46. The summed E-state index contributed by atoms with van der Waals surface area (Å²) >= 11 is 9.30. The number of hydrogen-bond acceptors (Lipinski definition) is 2. The zero-order valence-electron chi connectivity index (χ0n) is 8.37. The maximum atomic E-state index is 10.8. The first kappa shape index (κ1) is 11.4. The predicted molar refractivity (Wildman–Crippen MR) is 64.8 cm³/mol. The fourth-order valence-electron chi connectivity index (χ4n) is 1.61. The number of fused-ring (bicyclic) bond motifs is 1. The van der Waals surface area contributed by atoms with Crippen LogP contribution in [0.1, 0.15) is 5.56 Å². The largest absolute Gasteiger partial charge is 0.481 e. The standard InChI is InChI=1S/C10H8BrClN2O2/c1-14-4-6-5(2-9(15)16)10(11)7(12)3-8(6)13-14/h3-4H,2H2,1H3,(H,15,16). The van der Waals surface area contributed by atoms with E-state index in [2.05, 4.69) is 21.0 Å². The van der Waals surface area contributed by atoms with Crippen molar-refractivity contribution in [2.24, 2.45) is 7.05 Å². The molecule has 0 unspecified atom stereocenters. The summed E-state index contributed by atoms with van der Waals surface area (Å²) in [6.07, 6.45) is 1.71. The van der Waals surface area contributed by atoms with Crippen LogP contribution in [-0.4, -0.2) is 20.9 Å². The Labute approximate surface area is 105 Å². The Bertz CT molecular complexity index is 580. The number of carboxylic acids is 1. The molecule has 0 amide bonds. The molecule has 1 N–H and O–H groups in total. The molecule has 0 atom stereocenters. The van der Waals surface area contributed by atoms with Gasteiger partial charge in [0.2, 0.25) is 0 Å². The van der Waals surface area contributed by atoms with Gasteiger partial charge in [-0.05, 0) is 27.6 Å². The Morgan fingerprint density at radius 1 is 1.69 bits per heavy atom. The van der Waals surface area contributed by atoms with Crippen molar-refractivity contribution in [1.29, 1.82) is 0 Å². The van der Waals surface area contributed by atoms with Gasteiger partial charge >= 0.3 is 5.97 Å². The lowest BCUT2D eigenvalue weighted by Gasteiger charge is -2.04. The van der Waals surface area contributed by atoms with Crippen molar-refractivity contribution in [2.75, 3.05) is 0 Å². The number of carboxylic acid groups (broad SMARTS) is 1. The van der Waals surface area contributed by atoms with E-state index in [9.17, 15) is 4.79 Å². The van der Waals surface area contributed by atoms with Gasteiger partial charge in [0.15, 0.2) is 0 Å². The van der Waals surface area contributed by atoms with E-state index in [1.54, 1.807) is 24.0 Å². The monoisotopic (exact) mass is 302 g/mol. The molecule has 4 nitrogen and oxygen atoms in total. The first-order chi connectivity index (χ1) is 7.49. The quantitative estimate of drug-likeness (QED) is 0.928. The average molecular weight is 304 g/mol. The van der Waals surface area contributed by atoms with Crippen LogP contribution in [0.5, 0.6) is 0 Å². The number of aliphatic carboxylic acids is 1. The van der Waals surface area contributed by atoms with Crippen LogP contribution in [0.2, 0.25) is 5.02 Å². The van der Waals surface area contributed by atoms with E-state index in [4.69, 9.17) is 16.7 Å². The minimum atomic E-state index is -0.895. The molecule has 0 aliphatic rings. The Morgan fingerprint density at radius 2 is 2.38 bits per heavy atom. The number of aryl methyl sites for hydroxylation is 1. The Kier molecular flexibility index (Phi) is 2.90. The highest BCUT2D eigenvalue weighted by Crippen LogP contribution is 2.33. The van der Waals surface area contributed by atoms with Crippen molar-refractivity contribution < 1.29 is 9.90 Å². The van der Waals surface area contributed by atoms with E-state index in [-0.39, 0.29) is 6.42 Å². The molecule has 84 valence electrons. The van der Waals surface area contributed by atoms with Crippen LogP contribution in [-0.2, 0) is 18.3 Å². The second kappa shape index (κ2) is 4.07. The molecule has 1 aromatic carbocycles. The molecule has 0 saturated carbocycles. The van der Waals surface area contributed by atoms with Gasteiger partial charge in [-0.2, -0.15) is 5.10 Å². The van der Waals surface area contributed by atoms with Gasteiger partial charge in [-0.15, -0.1) is 0 Å². The van der Waals surface area contributed by atoms with Crippen LogP contribution >= 0.6 is 27.5 Å². The zero-order chi connectivity index (χ0) is 11.9. The molecule has 2 rings (SSSR count). The SMILES string of the molecule is Cn1cc2c(CC(=O)O)c(Br)c(Cl)cc2n1. The summed E-state index contributed by atoms with van der Waals surface area (Å²) in [5.74, 6) is -0.895. The number of rotatable bonds is 2. The number of nitrogens with zero attached hydrogens (tertiary/aromatic N) is 2. The van der Waals surface area contributed by atoms with Crippen molar-refractivity contribution in [3.8, 4) is 0 Å². The van der Waals surface area contributed by atoms with E-state index in [1.807, 2.05) is 0 Å². The van der Waals surface area contributed by atoms with Crippen LogP contribution in [0.3, 0.4) is 0 Å². The topological polar surface area (TPSA) is 55.1 Å². The summed E-state index contributed by atoms with van der Waals surface area (Å²) < 4.78 is 2.26. The third-order valence-electron chi connectivity index (χ3n) is 2.25. The molecule has 0 aliphatic carbocycles. The third kappa shape index (κ3) is 1.92. The molecule has 0 radical (unpaired) electrons. The van der Waals surface area contributed by atoms with E-state index in [1.165, 1.54) is 0 Å². The van der Waals surface area contributed by atoms with Crippen LogP contribution in [0.15, 0.2) is 16.7 Å². The molecular weight excluding hydrogens is 295 g/mol. The Balaban J connectivity index is 2.75. The first-order valence-corrected chi connectivity index (χ1v) is 5.68. The number of halogens is 2. The molecular formula is C10H8BrClN2O2. The van der Waals surface area contributed by atoms with Gasteiger partial charge in [0.05, 0.1) is 17.0 Å². The van der Waals surface area contributed by atoms with Crippen molar-refractivity contribution in [3.05, 3.63) is 27.3 Å². The van der Waals surface area contributed by atoms with Crippen molar-refractivity contribution in [3.63, 3.8) is 0 Å². The number of aromatic nitrogens is 2. The fraction of sp³-hybridized carbons (Fsp3) is 0.200. The molecule has 2 aromatic rings. The average Bonchev–Trinajstić information content (AvgIpc) is 2.53. The zero-order valence-corrected chi connectivity index (χ0v) is 10.7. The Morgan fingerprint density at radius 3 is 3.00 bits per heavy atom. The van der Waals surface area contributed by atoms with E-state index in [0.717, 1.165) is 5.39 Å². The summed E-state index contributed by atoms with van der Waals surface area (Å²) in [5.41, 5.74) is 1.36. The maximum absolute atomic E-state index is 10.8. The number of carbonyl (C=O) groups is 1. The first-order valence-electron chi connectivity index (χ1n) is 4.51. The predicted octanol–water partition coefficient (Wildman–Crippen LogP) is 2.62. The van der Waals surface area contributed by atoms with Crippen molar-refractivity contribution >= 4 is 44.4 Å². The summed E-state index contributed by atoms with van der Waals surface area (Å²) in [6.45, 7) is 0. The van der Waals surface area contributed by atoms with Crippen LogP contribution in [0, 0.1) is 0 Å². The highest BCUT2D eigenvalue weighted by atomic mass is 79.9. The van der Waals surface area contributed by atoms with Gasteiger partial charge < -0.3 is 5.11 Å². The lowest BCUT2D eigenvalue weighted by atomic mass is 10.1. The second-order valence-corrected chi connectivity index (χ2v) is 4.66. The molecule has 1 aromatic heterocycles. The van der Waals surface area contributed by atoms with Crippen LogP contribution in [0.4, 0.5) is 0 Å². The molecule has 1 heterocycles. The lowest BCUT2D eigenvalue weighted by molar-refractivity contribution is -0.136. The molecule has 0 bridgehead atoms. The summed E-state index contributed by atoms with van der Waals surface area (Å²) in [4.78, 5) is 10.8. The van der Waals surface area contributed by atoms with E-state index in [0.29, 0.717) is 20.6 Å². The van der Waals surface area contributed by atoms with E-state index >= 15 is 0 Å². The Hall–Kier alpha value is -1.07. The molecule has 16 heavy (non-hydrogen) atoms. The maximum Gasteiger partial charge on any atom is 0.307 e. The van der Waals surface area contributed by atoms with Crippen LogP contribution < -0.4 is 0 Å². The summed E-state index contributed by atoms with van der Waals surface area (Å²) in [6, 6.07) is 1.71. The van der Waals surface area contributed by atoms with Crippen LogP contribution in [0.25, 0.3) is 10.9 Å². The third-order valence-corrected chi connectivity index (χ3v) is 3.68. The normalized spacial score (nSPS) is 10.9. The molecule has 0 spiro atoms. The smallest absolute Gasteiger partial charge is 0.307 e. The van der Waals surface area contributed by atoms with Gasteiger partial charge in [0, 0.05) is 23.1 Å². The molecule has 0 saturated heterocycles. The lowest BCUT2D eigenvalue weighted by Crippen LogP contribution is -2.01. The van der Waals surface area contributed by atoms with Gasteiger partial charge in [-0.3, -0.25) is 9.48 Å². The van der Waals surface area contributed by atoms with Crippen molar-refractivity contribution in [1.82, 2.24) is 9.78 Å². The van der Waals surface area contributed by atoms with Crippen molar-refractivity contribution in [2.45, 2.75) is 6.42 Å². The molecule has 0 aliphatic heterocycles. The molecule has 6 heteroatoms. The summed E-state index contributed by atoms with van der Waals surface area (Å²) in [7, 11) is 1.78. The number of hydrogen-bond donors (Lipinski definition) is 1. The molecule has 0 fully saturated rings. The number of benzene rings is 1. The minimum absolute atomic E-state index is 0.0800. The van der Waals surface area contributed by atoms with E-state index < -0.39 is 5.97 Å². The highest BCUT2D eigenvalue weighted by Gasteiger charge is 2.15. The van der Waals surface area contributed by atoms with Gasteiger partial charge in [0.25, 0.3) is 0 Å². The van der Waals surface area contributed by atoms with Gasteiger partial charge in [-0.25, -0.2) is 0 Å². The summed E-state index contributed by atoms with van der Waals surface area (Å²) in [5, 5.41) is 14.3. The van der Waals surface area contributed by atoms with Gasteiger partial charge in [0.1, 0.15) is 0 Å². The fourth-order valence-corrected chi connectivity index (χ4v) is 2.30.